The molecule has 0 aromatic rings. The van der Waals surface area contributed by atoms with Crippen molar-refractivity contribution in [1.29, 1.82) is 0 Å². The van der Waals surface area contributed by atoms with Gasteiger partial charge in [-0.25, -0.2) is 8.42 Å². The van der Waals surface area contributed by atoms with E-state index in [0.29, 0.717) is 12.0 Å². The minimum Gasteiger partial charge on any atom is -0.395 e. The van der Waals surface area contributed by atoms with Crippen LogP contribution in [0.15, 0.2) is 0 Å². The van der Waals surface area contributed by atoms with Gasteiger partial charge in [0.15, 0.2) is 9.84 Å². The third-order valence-electron chi connectivity index (χ3n) is 0.888. The Morgan fingerprint density at radius 2 is 1.90 bits per heavy atom. The predicted molar refractivity (Wildman–Crippen MR) is 40.8 cm³/mol. The van der Waals surface area contributed by atoms with Gasteiger partial charge in [-0.15, -0.1) is 0 Å². The fourth-order valence-electron chi connectivity index (χ4n) is 0.405. The maximum absolute atomic E-state index is 10.7. The van der Waals surface area contributed by atoms with Crippen molar-refractivity contribution in [1.82, 2.24) is 0 Å². The minimum atomic E-state index is -3.12. The van der Waals surface area contributed by atoms with Crippen LogP contribution in [0.1, 0.15) is 0 Å². The van der Waals surface area contributed by atoms with Crippen LogP contribution in [0.4, 0.5) is 0 Å². The van der Waals surface area contributed by atoms with E-state index in [9.17, 15) is 8.42 Å². The van der Waals surface area contributed by atoms with Gasteiger partial charge in [-0.05, 0) is 12.0 Å². The molecule has 0 rings (SSSR count). The Labute approximate surface area is 64.4 Å². The highest BCUT2D eigenvalue weighted by Crippen LogP contribution is 1.96. The van der Waals surface area contributed by atoms with Crippen LogP contribution >= 0.6 is 12.0 Å². The fourth-order valence-corrected chi connectivity index (χ4v) is 2.20. The summed E-state index contributed by atoms with van der Waals surface area (Å²) in [5, 5.41) is 8.25. The summed E-state index contributed by atoms with van der Waals surface area (Å²) < 4.78 is 29.6. The molecular weight excluding hydrogens is 176 g/mol. The van der Waals surface area contributed by atoms with Crippen molar-refractivity contribution in [3.63, 3.8) is 0 Å². The maximum atomic E-state index is 10.7. The van der Waals surface area contributed by atoms with E-state index in [1.807, 2.05) is 0 Å². The highest BCUT2D eigenvalue weighted by molar-refractivity contribution is 7.96. The molecule has 0 fully saturated rings. The highest BCUT2D eigenvalue weighted by atomic mass is 32.2. The van der Waals surface area contributed by atoms with Crippen molar-refractivity contribution in [3.05, 3.63) is 0 Å². The zero-order valence-electron chi connectivity index (χ0n) is 5.36. The topological polar surface area (TPSA) is 74.6 Å². The molecule has 0 amide bonds. The summed E-state index contributed by atoms with van der Waals surface area (Å²) in [6, 6.07) is 0. The lowest BCUT2D eigenvalue weighted by Gasteiger charge is -1.97. The molecule has 0 unspecified atom stereocenters. The number of aliphatic hydroxyl groups excluding tert-OH is 1. The molecule has 0 saturated carbocycles. The zero-order valence-corrected chi connectivity index (χ0v) is 6.99. The summed E-state index contributed by atoms with van der Waals surface area (Å²) in [5.41, 5.74) is 0. The number of hydrogen-bond acceptors (Lipinski definition) is 5. The van der Waals surface area contributed by atoms with Gasteiger partial charge in [0, 0.05) is 5.75 Å². The van der Waals surface area contributed by atoms with Crippen molar-refractivity contribution in [2.75, 3.05) is 23.9 Å². The first-order valence-electron chi connectivity index (χ1n) is 2.70. The van der Waals surface area contributed by atoms with Gasteiger partial charge in [0.25, 0.3) is 0 Å². The van der Waals surface area contributed by atoms with Gasteiger partial charge in [-0.1, -0.05) is 0 Å². The quantitative estimate of drug-likeness (QED) is 0.571. The van der Waals surface area contributed by atoms with Crippen molar-refractivity contribution in [3.8, 4) is 0 Å². The zero-order chi connectivity index (χ0) is 8.04. The second-order valence-corrected chi connectivity index (χ2v) is 4.68. The molecule has 2 N–H and O–H groups in total. The van der Waals surface area contributed by atoms with E-state index in [1.54, 1.807) is 0 Å². The van der Waals surface area contributed by atoms with Crippen molar-refractivity contribution < 1.29 is 18.1 Å². The molecule has 0 aromatic carbocycles. The molecule has 0 spiro atoms. The number of hydrogen-bond donors (Lipinski definition) is 2. The van der Waals surface area contributed by atoms with Crippen molar-refractivity contribution in [2.45, 2.75) is 0 Å². The Hall–Kier alpha value is 0.220. The van der Waals surface area contributed by atoms with Gasteiger partial charge in [0.05, 0.1) is 18.1 Å². The number of rotatable bonds is 5. The molecule has 4 nitrogen and oxygen atoms in total. The second kappa shape index (κ2) is 4.95. The van der Waals surface area contributed by atoms with Gasteiger partial charge in [0.2, 0.25) is 0 Å². The Bertz CT molecular complexity index is 162. The lowest BCUT2D eigenvalue weighted by atomic mass is 10.9. The first kappa shape index (κ1) is 10.2. The van der Waals surface area contributed by atoms with Gasteiger partial charge < -0.3 is 9.66 Å². The minimum absolute atomic E-state index is 0.0747. The van der Waals surface area contributed by atoms with Crippen LogP contribution in [0.3, 0.4) is 0 Å². The van der Waals surface area contributed by atoms with Crippen LogP contribution in [-0.2, 0) is 9.84 Å². The molecule has 0 aliphatic heterocycles. The van der Waals surface area contributed by atoms with E-state index in [2.05, 4.69) is 0 Å². The second-order valence-electron chi connectivity index (χ2n) is 1.71. The number of sulfone groups is 1. The van der Waals surface area contributed by atoms with Gasteiger partial charge >= 0.3 is 0 Å². The Kier molecular flexibility index (Phi) is 5.06. The summed E-state index contributed by atoms with van der Waals surface area (Å²) >= 11 is 0.494. The largest absolute Gasteiger partial charge is 0.395 e. The highest BCUT2D eigenvalue weighted by Gasteiger charge is 2.08. The van der Waals surface area contributed by atoms with Gasteiger partial charge in [-0.3, -0.25) is 0 Å². The number of aliphatic hydroxyl groups is 1. The normalized spacial score (nSPS) is 11.8. The standard InChI is InChI=1S/C4H10O4S2/c5-1-3-10(7,8)4-2-9-6/h5-6H,1-4H2. The third-order valence-corrected chi connectivity index (χ3v) is 3.16. The van der Waals surface area contributed by atoms with Crippen LogP contribution in [0.2, 0.25) is 0 Å². The first-order valence-corrected chi connectivity index (χ1v) is 5.46. The molecule has 0 bridgehead atoms. The van der Waals surface area contributed by atoms with Crippen molar-refractivity contribution in [2.24, 2.45) is 0 Å². The summed E-state index contributed by atoms with van der Waals surface area (Å²) in [5.74, 6) is -0.120. The lowest BCUT2D eigenvalue weighted by molar-refractivity contribution is 0.319. The monoisotopic (exact) mass is 186 g/mol. The average Bonchev–Trinajstić information content (AvgIpc) is 1.84. The molecule has 0 atom stereocenters. The molecule has 6 heteroatoms. The van der Waals surface area contributed by atoms with E-state index in [4.69, 9.17) is 9.66 Å². The average molecular weight is 186 g/mol. The fraction of sp³-hybridized carbons (Fsp3) is 1.00. The first-order chi connectivity index (χ1) is 4.62. The SMILES string of the molecule is O=S(=O)(CCO)CCSO. The van der Waals surface area contributed by atoms with E-state index >= 15 is 0 Å². The molecule has 0 radical (unpaired) electrons. The Morgan fingerprint density at radius 1 is 1.30 bits per heavy atom. The molecule has 0 aliphatic carbocycles. The maximum Gasteiger partial charge on any atom is 0.153 e. The Balaban J connectivity index is 3.65. The molecule has 0 heterocycles. The molecular formula is C4H10O4S2. The van der Waals surface area contributed by atoms with Crippen LogP contribution in [0, 0.1) is 0 Å². The van der Waals surface area contributed by atoms with Crippen LogP contribution < -0.4 is 0 Å². The van der Waals surface area contributed by atoms with E-state index in [1.165, 1.54) is 0 Å². The van der Waals surface area contributed by atoms with Crippen LogP contribution in [0.5, 0.6) is 0 Å². The van der Waals surface area contributed by atoms with Gasteiger partial charge in [-0.2, -0.15) is 0 Å². The summed E-state index contributed by atoms with van der Waals surface area (Å²) in [6.07, 6.45) is 0. The predicted octanol–water partition coefficient (Wildman–Crippen LogP) is -0.400. The van der Waals surface area contributed by atoms with Crippen LogP contribution in [-0.4, -0.2) is 41.9 Å². The summed E-state index contributed by atoms with van der Waals surface area (Å²) in [7, 11) is -3.12. The Morgan fingerprint density at radius 3 is 2.30 bits per heavy atom. The van der Waals surface area contributed by atoms with Crippen molar-refractivity contribution >= 4 is 21.9 Å². The molecule has 0 aromatic heterocycles. The smallest absolute Gasteiger partial charge is 0.153 e. The summed E-state index contributed by atoms with van der Waals surface area (Å²) in [4.78, 5) is 0. The van der Waals surface area contributed by atoms with Gasteiger partial charge in [0.1, 0.15) is 0 Å². The molecule has 0 aliphatic rings. The van der Waals surface area contributed by atoms with Crippen LogP contribution in [0.25, 0.3) is 0 Å². The lowest BCUT2D eigenvalue weighted by Crippen LogP contribution is -2.15. The molecule has 62 valence electrons. The van der Waals surface area contributed by atoms with E-state index < -0.39 is 9.84 Å². The third kappa shape index (κ3) is 5.04. The van der Waals surface area contributed by atoms with E-state index in [0.717, 1.165) is 0 Å². The summed E-state index contributed by atoms with van der Waals surface area (Å²) in [6.45, 7) is -0.349. The van der Waals surface area contributed by atoms with E-state index in [-0.39, 0.29) is 23.9 Å². The molecule has 0 saturated heterocycles. The molecule has 10 heavy (non-hydrogen) atoms.